The Morgan fingerprint density at radius 1 is 1.18 bits per heavy atom. The summed E-state index contributed by atoms with van der Waals surface area (Å²) in [5, 5.41) is 3.86. The minimum absolute atomic E-state index is 0.220. The highest BCUT2D eigenvalue weighted by Crippen LogP contribution is 2.21. The molecule has 5 nitrogen and oxygen atoms in total. The molecular formula is C17H15N3O2. The Kier molecular flexibility index (Phi) is 3.70. The monoisotopic (exact) mass is 293 g/mol. The molecule has 2 aromatic heterocycles. The predicted molar refractivity (Wildman–Crippen MR) is 83.6 cm³/mol. The van der Waals surface area contributed by atoms with E-state index in [2.05, 4.69) is 10.1 Å². The SMILES string of the molecule is Cc1ccc(N(C)C(=O)c2cc(-c3cccnc3)on2)cc1. The van der Waals surface area contributed by atoms with Gasteiger partial charge in [-0.2, -0.15) is 0 Å². The summed E-state index contributed by atoms with van der Waals surface area (Å²) in [4.78, 5) is 18.0. The second-order valence-electron chi connectivity index (χ2n) is 5.02. The Hall–Kier alpha value is -2.95. The summed E-state index contributed by atoms with van der Waals surface area (Å²) in [7, 11) is 1.71. The fraction of sp³-hybridized carbons (Fsp3) is 0.118. The van der Waals surface area contributed by atoms with Gasteiger partial charge in [-0.25, -0.2) is 0 Å². The van der Waals surface area contributed by atoms with Gasteiger partial charge in [0.1, 0.15) is 0 Å². The van der Waals surface area contributed by atoms with E-state index in [-0.39, 0.29) is 11.6 Å². The molecule has 3 aromatic rings. The molecule has 2 heterocycles. The Balaban J connectivity index is 1.84. The summed E-state index contributed by atoms with van der Waals surface area (Å²) >= 11 is 0. The van der Waals surface area contributed by atoms with Crippen LogP contribution in [0.1, 0.15) is 16.1 Å². The number of pyridine rings is 1. The average molecular weight is 293 g/mol. The Morgan fingerprint density at radius 3 is 2.64 bits per heavy atom. The number of carbonyl (C=O) groups excluding carboxylic acids is 1. The molecule has 110 valence electrons. The lowest BCUT2D eigenvalue weighted by molar-refractivity contribution is 0.0984. The van der Waals surface area contributed by atoms with Crippen LogP contribution in [-0.2, 0) is 0 Å². The van der Waals surface area contributed by atoms with E-state index < -0.39 is 0 Å². The highest BCUT2D eigenvalue weighted by atomic mass is 16.5. The van der Waals surface area contributed by atoms with Gasteiger partial charge >= 0.3 is 0 Å². The maximum atomic E-state index is 12.5. The topological polar surface area (TPSA) is 59.2 Å². The van der Waals surface area contributed by atoms with E-state index in [9.17, 15) is 4.79 Å². The van der Waals surface area contributed by atoms with Crippen LogP contribution in [0.5, 0.6) is 0 Å². The summed E-state index contributed by atoms with van der Waals surface area (Å²) in [5.41, 5.74) is 3.00. The molecule has 3 rings (SSSR count). The van der Waals surface area contributed by atoms with Gasteiger partial charge in [-0.1, -0.05) is 22.9 Å². The van der Waals surface area contributed by atoms with E-state index in [0.29, 0.717) is 5.76 Å². The van der Waals surface area contributed by atoms with Crippen molar-refractivity contribution in [3.05, 3.63) is 66.1 Å². The highest BCUT2D eigenvalue weighted by Gasteiger charge is 2.18. The second-order valence-corrected chi connectivity index (χ2v) is 5.02. The Bertz CT molecular complexity index is 779. The van der Waals surface area contributed by atoms with E-state index in [1.165, 1.54) is 0 Å². The molecule has 0 aliphatic heterocycles. The van der Waals surface area contributed by atoms with E-state index >= 15 is 0 Å². The highest BCUT2D eigenvalue weighted by molar-refractivity contribution is 6.04. The molecule has 0 radical (unpaired) electrons. The summed E-state index contributed by atoms with van der Waals surface area (Å²) in [5.74, 6) is 0.302. The summed E-state index contributed by atoms with van der Waals surface area (Å²) < 4.78 is 5.24. The molecule has 0 aliphatic carbocycles. The van der Waals surface area contributed by atoms with Crippen molar-refractivity contribution in [2.45, 2.75) is 6.92 Å². The van der Waals surface area contributed by atoms with Crippen molar-refractivity contribution in [3.63, 3.8) is 0 Å². The minimum atomic E-state index is -0.220. The quantitative estimate of drug-likeness (QED) is 0.743. The van der Waals surface area contributed by atoms with Crippen LogP contribution in [0.25, 0.3) is 11.3 Å². The smallest absolute Gasteiger partial charge is 0.280 e. The lowest BCUT2D eigenvalue weighted by Crippen LogP contribution is -2.26. The first-order valence-corrected chi connectivity index (χ1v) is 6.87. The van der Waals surface area contributed by atoms with E-state index in [1.54, 1.807) is 36.5 Å². The summed E-state index contributed by atoms with van der Waals surface area (Å²) in [6.45, 7) is 2.00. The lowest BCUT2D eigenvalue weighted by Gasteiger charge is -2.15. The predicted octanol–water partition coefficient (Wildman–Crippen LogP) is 3.32. The molecule has 22 heavy (non-hydrogen) atoms. The normalized spacial score (nSPS) is 10.5. The van der Waals surface area contributed by atoms with Crippen LogP contribution in [0.2, 0.25) is 0 Å². The maximum Gasteiger partial charge on any atom is 0.280 e. The first kappa shape index (κ1) is 14.0. The van der Waals surface area contributed by atoms with E-state index in [4.69, 9.17) is 4.52 Å². The molecule has 5 heteroatoms. The number of hydrogen-bond acceptors (Lipinski definition) is 4. The molecule has 0 saturated carbocycles. The van der Waals surface area contributed by atoms with Crippen LogP contribution < -0.4 is 4.90 Å². The molecule has 1 aromatic carbocycles. The van der Waals surface area contributed by atoms with Gasteiger partial charge in [-0.05, 0) is 31.2 Å². The molecule has 0 bridgehead atoms. The van der Waals surface area contributed by atoms with Crippen LogP contribution in [0, 0.1) is 6.92 Å². The van der Waals surface area contributed by atoms with Gasteiger partial charge in [0.2, 0.25) is 0 Å². The fourth-order valence-electron chi connectivity index (χ4n) is 2.08. The third kappa shape index (κ3) is 2.74. The Labute approximate surface area is 128 Å². The maximum absolute atomic E-state index is 12.5. The number of amides is 1. The molecule has 0 spiro atoms. The van der Waals surface area contributed by atoms with Crippen molar-refractivity contribution >= 4 is 11.6 Å². The van der Waals surface area contributed by atoms with E-state index in [1.807, 2.05) is 37.3 Å². The number of aromatic nitrogens is 2. The van der Waals surface area contributed by atoms with Crippen molar-refractivity contribution in [1.82, 2.24) is 10.1 Å². The Morgan fingerprint density at radius 2 is 1.95 bits per heavy atom. The molecule has 0 N–H and O–H groups in total. The number of anilines is 1. The van der Waals surface area contributed by atoms with Gasteiger partial charge in [-0.3, -0.25) is 9.78 Å². The molecular weight excluding hydrogens is 278 g/mol. The molecule has 0 aliphatic rings. The number of aryl methyl sites for hydroxylation is 1. The molecule has 0 atom stereocenters. The zero-order valence-corrected chi connectivity index (χ0v) is 12.4. The van der Waals surface area contributed by atoms with Gasteiger partial charge in [-0.15, -0.1) is 0 Å². The first-order chi connectivity index (χ1) is 10.6. The third-order valence-electron chi connectivity index (χ3n) is 3.40. The number of carbonyl (C=O) groups is 1. The van der Waals surface area contributed by atoms with Crippen LogP contribution in [-0.4, -0.2) is 23.1 Å². The first-order valence-electron chi connectivity index (χ1n) is 6.87. The van der Waals surface area contributed by atoms with Crippen molar-refractivity contribution in [2.75, 3.05) is 11.9 Å². The average Bonchev–Trinajstić information content (AvgIpc) is 3.05. The zero-order valence-electron chi connectivity index (χ0n) is 12.4. The number of benzene rings is 1. The minimum Gasteiger partial charge on any atom is -0.355 e. The fourth-order valence-corrected chi connectivity index (χ4v) is 2.08. The van der Waals surface area contributed by atoms with E-state index in [0.717, 1.165) is 16.8 Å². The van der Waals surface area contributed by atoms with Crippen molar-refractivity contribution in [3.8, 4) is 11.3 Å². The number of rotatable bonds is 3. The van der Waals surface area contributed by atoms with Gasteiger partial charge in [0.15, 0.2) is 11.5 Å². The summed E-state index contributed by atoms with van der Waals surface area (Å²) in [6.07, 6.45) is 3.34. The summed E-state index contributed by atoms with van der Waals surface area (Å²) in [6, 6.07) is 13.0. The van der Waals surface area contributed by atoms with Crippen LogP contribution in [0.4, 0.5) is 5.69 Å². The number of hydrogen-bond donors (Lipinski definition) is 0. The lowest BCUT2D eigenvalue weighted by atomic mass is 10.2. The molecule has 0 saturated heterocycles. The van der Waals surface area contributed by atoms with Gasteiger partial charge < -0.3 is 9.42 Å². The third-order valence-corrected chi connectivity index (χ3v) is 3.40. The molecule has 0 fully saturated rings. The number of nitrogens with zero attached hydrogens (tertiary/aromatic N) is 3. The van der Waals surface area contributed by atoms with Gasteiger partial charge in [0.25, 0.3) is 5.91 Å². The second kappa shape index (κ2) is 5.81. The molecule has 1 amide bonds. The van der Waals surface area contributed by atoms with Crippen molar-refractivity contribution < 1.29 is 9.32 Å². The van der Waals surface area contributed by atoms with Gasteiger partial charge in [0.05, 0.1) is 0 Å². The van der Waals surface area contributed by atoms with Gasteiger partial charge in [0, 0.05) is 36.8 Å². The van der Waals surface area contributed by atoms with Crippen LogP contribution >= 0.6 is 0 Å². The van der Waals surface area contributed by atoms with Crippen molar-refractivity contribution in [1.29, 1.82) is 0 Å². The largest absolute Gasteiger partial charge is 0.355 e. The van der Waals surface area contributed by atoms with Crippen LogP contribution in [0.3, 0.4) is 0 Å². The molecule has 0 unspecified atom stereocenters. The van der Waals surface area contributed by atoms with Crippen LogP contribution in [0.15, 0.2) is 59.4 Å². The zero-order chi connectivity index (χ0) is 15.5. The van der Waals surface area contributed by atoms with Crippen molar-refractivity contribution in [2.24, 2.45) is 0 Å². The standard InChI is InChI=1S/C17H15N3O2/c1-12-5-7-14(8-6-12)20(2)17(21)15-10-16(22-19-15)13-4-3-9-18-11-13/h3-11H,1-2H3.